The average molecular weight is 134 g/mol. The van der Waals surface area contributed by atoms with Gasteiger partial charge in [0.25, 0.3) is 0 Å². The summed E-state index contributed by atoms with van der Waals surface area (Å²) in [6.07, 6.45) is 0.371. The molecule has 1 N–H and O–H groups in total. The van der Waals surface area contributed by atoms with Crippen molar-refractivity contribution in [2.45, 2.75) is 18.1 Å². The molecule has 3 heteroatoms. The molecule has 8 heavy (non-hydrogen) atoms. The monoisotopic (exact) mass is 134 g/mol. The Hall–Kier alpha value is -0.150. The highest BCUT2D eigenvalue weighted by molar-refractivity contribution is 7.80. The van der Waals surface area contributed by atoms with Gasteiger partial charge in [-0.2, -0.15) is 0 Å². The van der Waals surface area contributed by atoms with Gasteiger partial charge in [-0.05, 0) is 0 Å². The molecule has 2 atom stereocenters. The molecule has 0 aromatic heterocycles. The van der Waals surface area contributed by atoms with Crippen molar-refractivity contribution in [3.8, 4) is 0 Å². The minimum absolute atomic E-state index is 0.371. The molecule has 0 saturated heterocycles. The van der Waals surface area contributed by atoms with E-state index < -0.39 is 15.8 Å². The van der Waals surface area contributed by atoms with Crippen LogP contribution in [0.3, 0.4) is 0 Å². The number of hydrogen-bond donors (Lipinski definition) is 1. The lowest BCUT2D eigenvalue weighted by atomic mass is 10.1. The Morgan fingerprint density at radius 2 is 2.25 bits per heavy atom. The Morgan fingerprint density at radius 3 is 2.25 bits per heavy atom. The summed E-state index contributed by atoms with van der Waals surface area (Å²) < 4.78 is 17.9. The first-order valence-electron chi connectivity index (χ1n) is 2.26. The first kappa shape index (κ1) is 7.85. The maximum Gasteiger partial charge on any atom is 0.240 e. The Bertz CT molecular complexity index is 98.6. The van der Waals surface area contributed by atoms with Crippen molar-refractivity contribution in [1.82, 2.24) is 0 Å². The van der Waals surface area contributed by atoms with Crippen LogP contribution in [-0.2, 0) is 11.1 Å². The molecule has 0 heterocycles. The van der Waals surface area contributed by atoms with Crippen molar-refractivity contribution in [3.05, 3.63) is 13.8 Å². The van der Waals surface area contributed by atoms with Crippen molar-refractivity contribution in [2.75, 3.05) is 0 Å². The van der Waals surface area contributed by atoms with Gasteiger partial charge < -0.3 is 4.55 Å². The molecule has 0 aliphatic rings. The standard InChI is InChI=1S/C5H9O2S/c1-4-5(2,3)8(6)7/h1-2,4H2,3H3/q+1/p+1. The highest BCUT2D eigenvalue weighted by Gasteiger charge is 2.34. The molecule has 0 radical (unpaired) electrons. The van der Waals surface area contributed by atoms with Gasteiger partial charge in [-0.3, -0.25) is 0 Å². The second-order valence-corrected chi connectivity index (χ2v) is 3.43. The third kappa shape index (κ3) is 1.76. The summed E-state index contributed by atoms with van der Waals surface area (Å²) in [5.74, 6) is 0. The van der Waals surface area contributed by atoms with Gasteiger partial charge in [0.1, 0.15) is 6.42 Å². The maximum absolute atomic E-state index is 10.3. The molecule has 0 spiro atoms. The Kier molecular flexibility index (Phi) is 2.37. The van der Waals surface area contributed by atoms with Gasteiger partial charge in [0.05, 0.1) is 13.8 Å². The third-order valence-corrected chi connectivity index (χ3v) is 2.00. The van der Waals surface area contributed by atoms with Crippen LogP contribution < -0.4 is 0 Å². The first-order chi connectivity index (χ1) is 3.50. The lowest BCUT2D eigenvalue weighted by Crippen LogP contribution is -2.24. The zero-order valence-electron chi connectivity index (χ0n) is 4.89. The molecule has 0 fully saturated rings. The van der Waals surface area contributed by atoms with Gasteiger partial charge in [0.15, 0.2) is 0 Å². The molecule has 0 saturated carbocycles. The van der Waals surface area contributed by atoms with E-state index in [9.17, 15) is 4.21 Å². The highest BCUT2D eigenvalue weighted by atomic mass is 32.2. The summed E-state index contributed by atoms with van der Waals surface area (Å²) in [6.45, 7) is 8.53. The van der Waals surface area contributed by atoms with E-state index in [0.29, 0.717) is 6.42 Å². The predicted octanol–water partition coefficient (Wildman–Crippen LogP) is 1.03. The SMILES string of the molecule is [CH2+]CC([CH2+])(C)S(=O)O. The molecule has 0 aromatic rings. The van der Waals surface area contributed by atoms with Crippen molar-refractivity contribution in [1.29, 1.82) is 0 Å². The molecule has 0 amide bonds. The molecular formula is C5H10O2S+2. The molecule has 2 unspecified atom stereocenters. The molecule has 2 nitrogen and oxygen atoms in total. The van der Waals surface area contributed by atoms with Crippen LogP contribution in [0.4, 0.5) is 0 Å². The molecule has 46 valence electrons. The molecule has 0 bridgehead atoms. The molecule has 0 rings (SSSR count). The Balaban J connectivity index is 3.91. The van der Waals surface area contributed by atoms with Crippen LogP contribution in [0.15, 0.2) is 0 Å². The van der Waals surface area contributed by atoms with Crippen LogP contribution >= 0.6 is 0 Å². The van der Waals surface area contributed by atoms with Gasteiger partial charge >= 0.3 is 0 Å². The van der Waals surface area contributed by atoms with Crippen LogP contribution in [0.5, 0.6) is 0 Å². The van der Waals surface area contributed by atoms with E-state index in [1.165, 1.54) is 0 Å². The van der Waals surface area contributed by atoms with E-state index in [1.54, 1.807) is 6.92 Å². The predicted molar refractivity (Wildman–Crippen MR) is 34.5 cm³/mol. The van der Waals surface area contributed by atoms with E-state index >= 15 is 0 Å². The quantitative estimate of drug-likeness (QED) is 0.452. The van der Waals surface area contributed by atoms with Crippen LogP contribution in [-0.4, -0.2) is 13.5 Å². The summed E-state index contributed by atoms with van der Waals surface area (Å²) in [5, 5.41) is 0. The van der Waals surface area contributed by atoms with E-state index in [2.05, 4.69) is 13.8 Å². The smallest absolute Gasteiger partial charge is 0.240 e. The summed E-state index contributed by atoms with van der Waals surface area (Å²) in [6, 6.07) is 0. The minimum Gasteiger partial charge on any atom is -0.302 e. The second kappa shape index (κ2) is 2.42. The molecule has 0 aliphatic carbocycles. The lowest BCUT2D eigenvalue weighted by Gasteiger charge is -2.03. The second-order valence-electron chi connectivity index (χ2n) is 1.95. The molecule has 0 aromatic carbocycles. The minimum atomic E-state index is -1.85. The van der Waals surface area contributed by atoms with Crippen molar-refractivity contribution in [2.24, 2.45) is 0 Å². The van der Waals surface area contributed by atoms with Crippen molar-refractivity contribution >= 4 is 11.1 Å². The van der Waals surface area contributed by atoms with Gasteiger partial charge in [0.2, 0.25) is 15.8 Å². The summed E-state index contributed by atoms with van der Waals surface area (Å²) in [7, 11) is 0. The lowest BCUT2D eigenvalue weighted by molar-refractivity contribution is 0.530. The van der Waals surface area contributed by atoms with Crippen LogP contribution in [0.25, 0.3) is 0 Å². The normalized spacial score (nSPS) is 21.8. The third-order valence-electron chi connectivity index (χ3n) is 0.950. The van der Waals surface area contributed by atoms with Gasteiger partial charge in [0, 0.05) is 6.92 Å². The van der Waals surface area contributed by atoms with Crippen LogP contribution in [0.1, 0.15) is 13.3 Å². The first-order valence-corrected chi connectivity index (χ1v) is 3.37. The van der Waals surface area contributed by atoms with E-state index in [1.807, 2.05) is 0 Å². The van der Waals surface area contributed by atoms with E-state index in [4.69, 9.17) is 4.55 Å². The Labute approximate surface area is 52.6 Å². The fraction of sp³-hybridized carbons (Fsp3) is 0.600. The van der Waals surface area contributed by atoms with Crippen molar-refractivity contribution in [3.63, 3.8) is 0 Å². The van der Waals surface area contributed by atoms with Crippen molar-refractivity contribution < 1.29 is 8.76 Å². The van der Waals surface area contributed by atoms with Gasteiger partial charge in [-0.1, -0.05) is 0 Å². The van der Waals surface area contributed by atoms with E-state index in [0.717, 1.165) is 0 Å². The largest absolute Gasteiger partial charge is 0.302 e. The zero-order valence-corrected chi connectivity index (χ0v) is 5.70. The fourth-order valence-corrected chi connectivity index (χ4v) is 0.262. The number of rotatable bonds is 2. The zero-order chi connectivity index (χ0) is 6.78. The summed E-state index contributed by atoms with van der Waals surface area (Å²) in [5.41, 5.74) is 0. The van der Waals surface area contributed by atoms with E-state index in [-0.39, 0.29) is 0 Å². The summed E-state index contributed by atoms with van der Waals surface area (Å²) in [4.78, 5) is 0. The molecular weight excluding hydrogens is 124 g/mol. The summed E-state index contributed by atoms with van der Waals surface area (Å²) >= 11 is -1.85. The Morgan fingerprint density at radius 1 is 1.88 bits per heavy atom. The van der Waals surface area contributed by atoms with Gasteiger partial charge in [-0.25, -0.2) is 4.21 Å². The van der Waals surface area contributed by atoms with Crippen LogP contribution in [0.2, 0.25) is 0 Å². The molecule has 0 aliphatic heterocycles. The number of hydrogen-bond acceptors (Lipinski definition) is 1. The average Bonchev–Trinajstić information content (AvgIpc) is 1.67. The fourth-order valence-electron chi connectivity index (χ4n) is 0.0873. The highest BCUT2D eigenvalue weighted by Crippen LogP contribution is 2.13. The maximum atomic E-state index is 10.3. The topological polar surface area (TPSA) is 37.3 Å². The van der Waals surface area contributed by atoms with Crippen LogP contribution in [0, 0.1) is 13.8 Å². The van der Waals surface area contributed by atoms with Gasteiger partial charge in [-0.15, -0.1) is 0 Å².